The van der Waals surface area contributed by atoms with Crippen LogP contribution in [0.4, 0.5) is 15.9 Å². The minimum absolute atomic E-state index is 0.00110. The molecule has 3 aromatic carbocycles. The van der Waals surface area contributed by atoms with E-state index in [2.05, 4.69) is 10.3 Å². The summed E-state index contributed by atoms with van der Waals surface area (Å²) in [6, 6.07) is 20.8. The van der Waals surface area contributed by atoms with Gasteiger partial charge in [0.2, 0.25) is 5.91 Å². The van der Waals surface area contributed by atoms with E-state index in [4.69, 9.17) is 27.3 Å². The lowest BCUT2D eigenvalue weighted by Gasteiger charge is -2.13. The quantitative estimate of drug-likeness (QED) is 0.329. The summed E-state index contributed by atoms with van der Waals surface area (Å²) < 4.78 is 13.6. The highest BCUT2D eigenvalue weighted by molar-refractivity contribution is 6.31. The second-order valence-corrected chi connectivity index (χ2v) is 7.94. The molecule has 0 aliphatic heterocycles. The molecule has 0 fully saturated rings. The number of nitrogens with one attached hydrogen (secondary N) is 1. The SMILES string of the molecule is NC(=O)c1ccccc1-c1ccc2c(Nc3ccc(F)c(Cl)c3)nc(-c3cccnc3)nc2c1. The Labute approximate surface area is 199 Å². The van der Waals surface area contributed by atoms with E-state index >= 15 is 0 Å². The van der Waals surface area contributed by atoms with Gasteiger partial charge in [-0.25, -0.2) is 14.4 Å². The third-order valence-electron chi connectivity index (χ3n) is 5.30. The number of pyridine rings is 1. The highest BCUT2D eigenvalue weighted by Crippen LogP contribution is 2.32. The predicted molar refractivity (Wildman–Crippen MR) is 131 cm³/mol. The molecule has 0 atom stereocenters. The van der Waals surface area contributed by atoms with Gasteiger partial charge in [0, 0.05) is 34.6 Å². The molecule has 3 N–H and O–H groups in total. The molecule has 0 saturated heterocycles. The van der Waals surface area contributed by atoms with Crippen molar-refractivity contribution in [1.82, 2.24) is 15.0 Å². The van der Waals surface area contributed by atoms with E-state index in [9.17, 15) is 9.18 Å². The molecule has 8 heteroatoms. The Morgan fingerprint density at radius 1 is 0.941 bits per heavy atom. The van der Waals surface area contributed by atoms with E-state index in [1.54, 1.807) is 36.7 Å². The smallest absolute Gasteiger partial charge is 0.249 e. The number of rotatable bonds is 5. The normalized spacial score (nSPS) is 10.9. The predicted octanol–water partition coefficient (Wildman–Crippen LogP) is 5.99. The first-order valence-corrected chi connectivity index (χ1v) is 10.7. The number of anilines is 2. The van der Waals surface area contributed by atoms with Crippen molar-refractivity contribution in [3.05, 3.63) is 102 Å². The number of amides is 1. The summed E-state index contributed by atoms with van der Waals surface area (Å²) in [5.74, 6) is -0.0449. The van der Waals surface area contributed by atoms with Crippen molar-refractivity contribution in [2.24, 2.45) is 5.73 Å². The summed E-state index contributed by atoms with van der Waals surface area (Å²) >= 11 is 5.96. The molecule has 0 radical (unpaired) electrons. The second kappa shape index (κ2) is 8.88. The number of halogens is 2. The number of hydrogen-bond acceptors (Lipinski definition) is 5. The van der Waals surface area contributed by atoms with Gasteiger partial charge in [0.25, 0.3) is 0 Å². The molecule has 1 amide bonds. The maximum Gasteiger partial charge on any atom is 0.249 e. The summed E-state index contributed by atoms with van der Waals surface area (Å²) in [5.41, 5.74) is 9.44. The van der Waals surface area contributed by atoms with Crippen LogP contribution < -0.4 is 11.1 Å². The van der Waals surface area contributed by atoms with Crippen LogP contribution >= 0.6 is 11.6 Å². The number of nitrogens with two attached hydrogens (primary N) is 1. The second-order valence-electron chi connectivity index (χ2n) is 7.53. The van der Waals surface area contributed by atoms with Crippen molar-refractivity contribution in [3.63, 3.8) is 0 Å². The average Bonchev–Trinajstić information content (AvgIpc) is 2.86. The largest absolute Gasteiger partial charge is 0.366 e. The zero-order valence-corrected chi connectivity index (χ0v) is 18.4. The van der Waals surface area contributed by atoms with Crippen molar-refractivity contribution in [3.8, 4) is 22.5 Å². The molecule has 166 valence electrons. The first-order chi connectivity index (χ1) is 16.5. The molecule has 0 unspecified atom stereocenters. The number of carbonyl (C=O) groups is 1. The highest BCUT2D eigenvalue weighted by atomic mass is 35.5. The fourth-order valence-electron chi connectivity index (χ4n) is 3.68. The summed E-state index contributed by atoms with van der Waals surface area (Å²) in [4.78, 5) is 25.6. The third-order valence-corrected chi connectivity index (χ3v) is 5.59. The molecular formula is C26H17ClFN5O. The zero-order chi connectivity index (χ0) is 23.7. The summed E-state index contributed by atoms with van der Waals surface area (Å²) in [5, 5.41) is 3.95. The minimum atomic E-state index is -0.509. The Morgan fingerprint density at radius 2 is 1.79 bits per heavy atom. The van der Waals surface area contributed by atoms with Gasteiger partial charge in [-0.05, 0) is 59.7 Å². The molecule has 6 nitrogen and oxygen atoms in total. The van der Waals surface area contributed by atoms with Gasteiger partial charge in [-0.3, -0.25) is 9.78 Å². The van der Waals surface area contributed by atoms with Gasteiger partial charge >= 0.3 is 0 Å². The van der Waals surface area contributed by atoms with Crippen LogP contribution in [0.2, 0.25) is 5.02 Å². The summed E-state index contributed by atoms with van der Waals surface area (Å²) in [7, 11) is 0. The van der Waals surface area contributed by atoms with Crippen LogP contribution in [-0.2, 0) is 0 Å². The molecule has 5 aromatic rings. The Bertz CT molecular complexity index is 1540. The molecule has 34 heavy (non-hydrogen) atoms. The number of primary amides is 1. The molecule has 0 bridgehead atoms. The van der Waals surface area contributed by atoms with E-state index in [1.165, 1.54) is 12.1 Å². The Kier molecular flexibility index (Phi) is 5.61. The van der Waals surface area contributed by atoms with E-state index in [0.717, 1.165) is 16.5 Å². The maximum atomic E-state index is 13.6. The Balaban J connectivity index is 1.69. The van der Waals surface area contributed by atoms with Crippen LogP contribution in [0.15, 0.2) is 85.2 Å². The first-order valence-electron chi connectivity index (χ1n) is 10.3. The van der Waals surface area contributed by atoms with Crippen LogP contribution in [0.3, 0.4) is 0 Å². The third kappa shape index (κ3) is 4.16. The average molecular weight is 470 g/mol. The van der Waals surface area contributed by atoms with Gasteiger partial charge in [0.15, 0.2) is 5.82 Å². The molecular weight excluding hydrogens is 453 g/mol. The Hall–Kier alpha value is -4.36. The monoisotopic (exact) mass is 469 g/mol. The molecule has 0 aliphatic carbocycles. The number of aromatic nitrogens is 3. The van der Waals surface area contributed by atoms with E-state index in [0.29, 0.717) is 34.0 Å². The van der Waals surface area contributed by atoms with Crippen LogP contribution in [0, 0.1) is 5.82 Å². The number of nitrogens with zero attached hydrogens (tertiary/aromatic N) is 3. The molecule has 2 aromatic heterocycles. The van der Waals surface area contributed by atoms with Crippen molar-refractivity contribution >= 4 is 39.9 Å². The summed E-state index contributed by atoms with van der Waals surface area (Å²) in [6.45, 7) is 0. The lowest BCUT2D eigenvalue weighted by molar-refractivity contribution is 0.100. The van der Waals surface area contributed by atoms with Crippen LogP contribution in [0.1, 0.15) is 10.4 Å². The first kappa shape index (κ1) is 21.5. The molecule has 0 spiro atoms. The molecule has 5 rings (SSSR count). The standard InChI is InChI=1S/C26H17ClFN5O/c27-21-13-17(8-10-22(21)28)31-26-20-9-7-15(18-5-1-2-6-19(18)24(29)34)12-23(20)32-25(33-26)16-4-3-11-30-14-16/h1-14H,(H2,29,34)(H,31,32,33). The van der Waals surface area contributed by atoms with E-state index in [-0.39, 0.29) is 5.02 Å². The van der Waals surface area contributed by atoms with Crippen molar-refractivity contribution in [2.45, 2.75) is 0 Å². The van der Waals surface area contributed by atoms with Gasteiger partial charge in [-0.15, -0.1) is 0 Å². The lowest BCUT2D eigenvalue weighted by atomic mass is 9.98. The van der Waals surface area contributed by atoms with E-state index < -0.39 is 11.7 Å². The maximum absolute atomic E-state index is 13.6. The van der Waals surface area contributed by atoms with Gasteiger partial charge in [-0.2, -0.15) is 0 Å². The van der Waals surface area contributed by atoms with Crippen LogP contribution in [0.25, 0.3) is 33.4 Å². The zero-order valence-electron chi connectivity index (χ0n) is 17.7. The van der Waals surface area contributed by atoms with Gasteiger partial charge < -0.3 is 11.1 Å². The van der Waals surface area contributed by atoms with Gasteiger partial charge in [0.1, 0.15) is 11.6 Å². The number of fused-ring (bicyclic) bond motifs is 1. The van der Waals surface area contributed by atoms with Gasteiger partial charge in [0.05, 0.1) is 10.5 Å². The lowest BCUT2D eigenvalue weighted by Crippen LogP contribution is -2.12. The summed E-state index contributed by atoms with van der Waals surface area (Å²) in [6.07, 6.45) is 3.34. The molecule has 2 heterocycles. The fourth-order valence-corrected chi connectivity index (χ4v) is 3.86. The fraction of sp³-hybridized carbons (Fsp3) is 0. The van der Waals surface area contributed by atoms with E-state index in [1.807, 2.05) is 36.4 Å². The topological polar surface area (TPSA) is 93.8 Å². The van der Waals surface area contributed by atoms with Crippen LogP contribution in [0.5, 0.6) is 0 Å². The number of carbonyl (C=O) groups excluding carboxylic acids is 1. The molecule has 0 aliphatic rings. The van der Waals surface area contributed by atoms with Crippen LogP contribution in [-0.4, -0.2) is 20.9 Å². The minimum Gasteiger partial charge on any atom is -0.366 e. The molecule has 0 saturated carbocycles. The Morgan fingerprint density at radius 3 is 2.56 bits per heavy atom. The van der Waals surface area contributed by atoms with Crippen molar-refractivity contribution < 1.29 is 9.18 Å². The number of hydrogen-bond donors (Lipinski definition) is 2. The van der Waals surface area contributed by atoms with Crippen molar-refractivity contribution in [1.29, 1.82) is 0 Å². The van der Waals surface area contributed by atoms with Gasteiger partial charge in [-0.1, -0.05) is 35.9 Å². The number of benzene rings is 3. The highest BCUT2D eigenvalue weighted by Gasteiger charge is 2.14. The van der Waals surface area contributed by atoms with Crippen molar-refractivity contribution in [2.75, 3.05) is 5.32 Å².